The van der Waals surface area contributed by atoms with E-state index < -0.39 is 15.6 Å². The second-order valence-electron chi connectivity index (χ2n) is 10.6. The topological polar surface area (TPSA) is 104 Å². The van der Waals surface area contributed by atoms with E-state index in [0.717, 1.165) is 38.2 Å². The number of rotatable bonds is 11. The summed E-state index contributed by atoms with van der Waals surface area (Å²) in [5, 5.41) is 15.7. The zero-order valence-electron chi connectivity index (χ0n) is 24.1. The predicted octanol–water partition coefficient (Wildman–Crippen LogP) is 6.60. The number of hydrogen-bond acceptors (Lipinski definition) is 7. The summed E-state index contributed by atoms with van der Waals surface area (Å²) in [5.41, 5.74) is 3.66. The van der Waals surface area contributed by atoms with Gasteiger partial charge in [0, 0.05) is 30.4 Å². The van der Waals surface area contributed by atoms with Crippen molar-refractivity contribution in [2.75, 3.05) is 17.9 Å². The number of pyridine rings is 1. The quantitative estimate of drug-likeness (QED) is 0.151. The molecule has 0 radical (unpaired) electrons. The van der Waals surface area contributed by atoms with Crippen LogP contribution in [-0.4, -0.2) is 36.6 Å². The van der Waals surface area contributed by atoms with Crippen LogP contribution in [0.2, 0.25) is 0 Å². The van der Waals surface area contributed by atoms with E-state index in [-0.39, 0.29) is 10.8 Å². The number of anilines is 1. The van der Waals surface area contributed by atoms with Gasteiger partial charge in [-0.25, -0.2) is 13.4 Å². The second kappa shape index (κ2) is 12.7. The lowest BCUT2D eigenvalue weighted by atomic mass is 9.88. The van der Waals surface area contributed by atoms with Gasteiger partial charge in [0.2, 0.25) is 0 Å². The van der Waals surface area contributed by atoms with Crippen LogP contribution in [0.25, 0.3) is 22.0 Å². The molecule has 44 heavy (non-hydrogen) atoms. The van der Waals surface area contributed by atoms with Gasteiger partial charge < -0.3 is 10.4 Å². The zero-order valence-corrected chi connectivity index (χ0v) is 25.8. The van der Waals surface area contributed by atoms with Crippen molar-refractivity contribution in [3.63, 3.8) is 0 Å². The molecule has 1 unspecified atom stereocenters. The van der Waals surface area contributed by atoms with Crippen LogP contribution in [0.15, 0.2) is 126 Å². The fourth-order valence-corrected chi connectivity index (χ4v) is 7.93. The molecule has 0 saturated carbocycles. The lowest BCUT2D eigenvalue weighted by Crippen LogP contribution is -2.42. The summed E-state index contributed by atoms with van der Waals surface area (Å²) < 4.78 is 30.9. The molecule has 3 N–H and O–H groups in total. The van der Waals surface area contributed by atoms with Crippen LogP contribution in [0.1, 0.15) is 28.8 Å². The zero-order chi connectivity index (χ0) is 30.6. The van der Waals surface area contributed by atoms with E-state index in [1.54, 1.807) is 18.3 Å². The van der Waals surface area contributed by atoms with E-state index in [0.29, 0.717) is 24.3 Å². The summed E-state index contributed by atoms with van der Waals surface area (Å²) in [6, 6.07) is 36.7. The Morgan fingerprint density at radius 2 is 1.57 bits per heavy atom. The molecule has 9 heteroatoms. The van der Waals surface area contributed by atoms with Gasteiger partial charge in [0.05, 0.1) is 22.8 Å². The lowest BCUT2D eigenvalue weighted by molar-refractivity contribution is 0.271. The molecular formula is C35H32N4O3S2. The van der Waals surface area contributed by atoms with E-state index in [2.05, 4.69) is 15.0 Å². The standard InChI is InChI=1S/C35H32N4O3S2/c1-35(37-21-22-40,31-13-7-8-20-36-31)29-16-18-30(19-17-29)39-44(41,42)34-33(28-15-14-26-11-5-6-12-27(26)24-28)38-32(43-34)23-25-9-3-2-4-10-25/h2-20,24,37,39-40H,21-23H2,1H3. The van der Waals surface area contributed by atoms with Crippen LogP contribution in [0, 0.1) is 0 Å². The molecule has 7 nitrogen and oxygen atoms in total. The maximum atomic E-state index is 14.0. The molecule has 2 heterocycles. The highest BCUT2D eigenvalue weighted by atomic mass is 32.2. The van der Waals surface area contributed by atoms with Gasteiger partial charge in [0.15, 0.2) is 4.21 Å². The number of nitrogens with one attached hydrogen (secondary N) is 2. The number of hydrogen-bond donors (Lipinski definition) is 3. The van der Waals surface area contributed by atoms with Gasteiger partial charge in [-0.15, -0.1) is 11.3 Å². The van der Waals surface area contributed by atoms with Crippen molar-refractivity contribution in [3.8, 4) is 11.3 Å². The lowest BCUT2D eigenvalue weighted by Gasteiger charge is -2.31. The fraction of sp³-hybridized carbons (Fsp3) is 0.143. The van der Waals surface area contributed by atoms with Gasteiger partial charge in [-0.05, 0) is 59.2 Å². The van der Waals surface area contributed by atoms with Gasteiger partial charge in [0.25, 0.3) is 10.0 Å². The van der Waals surface area contributed by atoms with Crippen molar-refractivity contribution in [2.45, 2.75) is 23.1 Å². The van der Waals surface area contributed by atoms with Crippen molar-refractivity contribution in [3.05, 3.63) is 143 Å². The molecule has 0 aliphatic heterocycles. The van der Waals surface area contributed by atoms with E-state index in [1.807, 2.05) is 110 Å². The summed E-state index contributed by atoms with van der Waals surface area (Å²) in [6.45, 7) is 2.34. The van der Waals surface area contributed by atoms with Gasteiger partial charge in [-0.2, -0.15) is 0 Å². The number of aromatic nitrogens is 2. The van der Waals surface area contributed by atoms with Crippen LogP contribution in [-0.2, 0) is 22.0 Å². The largest absolute Gasteiger partial charge is 0.395 e. The molecule has 1 atom stereocenters. The number of thiazole rings is 1. The van der Waals surface area contributed by atoms with Gasteiger partial charge in [-0.3, -0.25) is 9.71 Å². The number of aliphatic hydroxyl groups excluding tert-OH is 1. The molecule has 2 aromatic heterocycles. The molecule has 4 aromatic carbocycles. The van der Waals surface area contributed by atoms with Gasteiger partial charge >= 0.3 is 0 Å². The molecule has 0 fully saturated rings. The van der Waals surface area contributed by atoms with E-state index >= 15 is 0 Å². The van der Waals surface area contributed by atoms with Crippen molar-refractivity contribution >= 4 is 37.8 Å². The van der Waals surface area contributed by atoms with Crippen LogP contribution >= 0.6 is 11.3 Å². The summed E-state index contributed by atoms with van der Waals surface area (Å²) in [4.78, 5) is 9.39. The third kappa shape index (κ3) is 6.27. The number of aliphatic hydroxyl groups is 1. The van der Waals surface area contributed by atoms with E-state index in [4.69, 9.17) is 4.98 Å². The second-order valence-corrected chi connectivity index (χ2v) is 13.6. The average Bonchev–Trinajstić information content (AvgIpc) is 3.49. The van der Waals surface area contributed by atoms with Gasteiger partial charge in [0.1, 0.15) is 5.69 Å². The molecule has 0 amide bonds. The first-order chi connectivity index (χ1) is 21.4. The molecule has 6 aromatic rings. The number of sulfonamides is 1. The Labute approximate surface area is 261 Å². The summed E-state index contributed by atoms with van der Waals surface area (Å²) in [7, 11) is -3.99. The Bertz CT molecular complexity index is 1980. The van der Waals surface area contributed by atoms with Crippen molar-refractivity contribution in [1.82, 2.24) is 15.3 Å². The van der Waals surface area contributed by atoms with Crippen molar-refractivity contribution in [2.24, 2.45) is 0 Å². The Hall–Kier alpha value is -4.41. The monoisotopic (exact) mass is 620 g/mol. The first-order valence-corrected chi connectivity index (χ1v) is 16.6. The minimum atomic E-state index is -3.99. The first-order valence-electron chi connectivity index (χ1n) is 14.3. The molecule has 0 saturated heterocycles. The van der Waals surface area contributed by atoms with Crippen LogP contribution in [0.5, 0.6) is 0 Å². The normalized spacial score (nSPS) is 13.0. The maximum Gasteiger partial charge on any atom is 0.273 e. The predicted molar refractivity (Wildman–Crippen MR) is 177 cm³/mol. The Morgan fingerprint density at radius 1 is 0.841 bits per heavy atom. The van der Waals surface area contributed by atoms with Crippen LogP contribution < -0.4 is 10.0 Å². The number of benzene rings is 4. The van der Waals surface area contributed by atoms with Crippen molar-refractivity contribution in [1.29, 1.82) is 0 Å². The minimum absolute atomic E-state index is 0.0268. The first kappa shape index (κ1) is 29.7. The molecule has 6 rings (SSSR count). The number of fused-ring (bicyclic) bond motifs is 1. The Morgan fingerprint density at radius 3 is 2.30 bits per heavy atom. The van der Waals surface area contributed by atoms with Crippen LogP contribution in [0.3, 0.4) is 0 Å². The average molecular weight is 621 g/mol. The summed E-state index contributed by atoms with van der Waals surface area (Å²) in [5.74, 6) is 0. The van der Waals surface area contributed by atoms with Gasteiger partial charge in [-0.1, -0.05) is 84.9 Å². The molecule has 0 aliphatic rings. The molecule has 222 valence electrons. The van der Waals surface area contributed by atoms with Crippen molar-refractivity contribution < 1.29 is 13.5 Å². The highest BCUT2D eigenvalue weighted by molar-refractivity contribution is 7.94. The third-order valence-corrected chi connectivity index (χ3v) is 10.5. The molecule has 0 bridgehead atoms. The van der Waals surface area contributed by atoms with E-state index in [9.17, 15) is 13.5 Å². The summed E-state index contributed by atoms with van der Waals surface area (Å²) in [6.07, 6.45) is 2.26. The summed E-state index contributed by atoms with van der Waals surface area (Å²) >= 11 is 1.19. The smallest absolute Gasteiger partial charge is 0.273 e. The highest BCUT2D eigenvalue weighted by Crippen LogP contribution is 2.36. The Kier molecular flexibility index (Phi) is 8.54. The molecule has 0 spiro atoms. The van der Waals surface area contributed by atoms with Crippen LogP contribution in [0.4, 0.5) is 5.69 Å². The third-order valence-electron chi connectivity index (χ3n) is 7.59. The molecule has 0 aliphatic carbocycles. The Balaban J connectivity index is 1.34. The SMILES string of the molecule is CC(NCCO)(c1ccc(NS(=O)(=O)c2sc(Cc3ccccc3)nc2-c2ccc3ccccc3c2)cc1)c1ccccn1. The van der Waals surface area contributed by atoms with E-state index in [1.165, 1.54) is 11.3 Å². The minimum Gasteiger partial charge on any atom is -0.395 e. The number of nitrogens with zero attached hydrogens (tertiary/aromatic N) is 2. The highest BCUT2D eigenvalue weighted by Gasteiger charge is 2.30. The maximum absolute atomic E-state index is 14.0. The molecular weight excluding hydrogens is 589 g/mol. The fourth-order valence-electron chi connectivity index (χ4n) is 5.27.